The van der Waals surface area contributed by atoms with E-state index in [-0.39, 0.29) is 17.8 Å². The molecule has 0 unspecified atom stereocenters. The fourth-order valence-corrected chi connectivity index (χ4v) is 2.37. The summed E-state index contributed by atoms with van der Waals surface area (Å²) in [5.74, 6) is 1.26. The molecule has 26 heavy (non-hydrogen) atoms. The van der Waals surface area contributed by atoms with E-state index < -0.39 is 0 Å². The van der Waals surface area contributed by atoms with E-state index in [1.165, 1.54) is 0 Å². The highest BCUT2D eigenvalue weighted by Gasteiger charge is 2.16. The number of anilines is 1. The van der Waals surface area contributed by atoms with Crippen LogP contribution in [0.15, 0.2) is 53.2 Å². The number of hydrogen-bond acceptors (Lipinski definition) is 6. The van der Waals surface area contributed by atoms with E-state index in [2.05, 4.69) is 15.6 Å². The van der Waals surface area contributed by atoms with Gasteiger partial charge in [-0.2, -0.15) is 0 Å². The highest BCUT2D eigenvalue weighted by atomic mass is 16.6. The zero-order valence-electron chi connectivity index (χ0n) is 14.7. The third-order valence-corrected chi connectivity index (χ3v) is 3.55. The first-order valence-corrected chi connectivity index (χ1v) is 8.12. The Hall–Kier alpha value is -3.35. The normalized spacial score (nSPS) is 10.6. The zero-order valence-corrected chi connectivity index (χ0v) is 14.7. The number of ether oxygens (including phenoxy) is 2. The molecule has 0 aliphatic heterocycles. The van der Waals surface area contributed by atoms with E-state index in [4.69, 9.17) is 14.1 Å². The Morgan fingerprint density at radius 2 is 1.85 bits per heavy atom. The van der Waals surface area contributed by atoms with Gasteiger partial charge >= 0.3 is 0 Å². The molecule has 1 N–H and O–H groups in total. The summed E-state index contributed by atoms with van der Waals surface area (Å²) in [6.45, 7) is 3.92. The van der Waals surface area contributed by atoms with Gasteiger partial charge in [0.15, 0.2) is 5.69 Å². The van der Waals surface area contributed by atoms with Crippen LogP contribution in [0.25, 0.3) is 11.3 Å². The van der Waals surface area contributed by atoms with Crippen LogP contribution in [-0.2, 0) is 0 Å². The van der Waals surface area contributed by atoms with Crippen molar-refractivity contribution in [3.05, 3.63) is 54.1 Å². The number of aromatic nitrogens is 2. The van der Waals surface area contributed by atoms with Crippen molar-refractivity contribution in [2.45, 2.75) is 20.0 Å². The predicted molar refractivity (Wildman–Crippen MR) is 96.4 cm³/mol. The third kappa shape index (κ3) is 4.00. The smallest absolute Gasteiger partial charge is 0.257 e. The molecule has 2 aromatic carbocycles. The Kier molecular flexibility index (Phi) is 5.17. The van der Waals surface area contributed by atoms with Crippen LogP contribution in [0.5, 0.6) is 11.5 Å². The molecule has 7 nitrogen and oxygen atoms in total. The molecular weight excluding hydrogens is 334 g/mol. The molecule has 1 heterocycles. The molecule has 0 aliphatic rings. The lowest BCUT2D eigenvalue weighted by molar-refractivity contribution is 0.102. The maximum Gasteiger partial charge on any atom is 0.257 e. The molecule has 0 saturated carbocycles. The zero-order chi connectivity index (χ0) is 18.5. The number of carbonyl (C=O) groups is 1. The quantitative estimate of drug-likeness (QED) is 0.726. The summed E-state index contributed by atoms with van der Waals surface area (Å²) >= 11 is 0. The Balaban J connectivity index is 1.79. The van der Waals surface area contributed by atoms with Crippen molar-refractivity contribution >= 4 is 11.7 Å². The Morgan fingerprint density at radius 1 is 1.08 bits per heavy atom. The highest BCUT2D eigenvalue weighted by Crippen LogP contribution is 2.27. The topological polar surface area (TPSA) is 86.5 Å². The van der Waals surface area contributed by atoms with Gasteiger partial charge in [0, 0.05) is 11.1 Å². The molecule has 0 fully saturated rings. The summed E-state index contributed by atoms with van der Waals surface area (Å²) in [6.07, 6.45) is 0.0901. The molecule has 3 aromatic rings. The van der Waals surface area contributed by atoms with Crippen molar-refractivity contribution in [2.24, 2.45) is 0 Å². The maximum atomic E-state index is 12.4. The van der Waals surface area contributed by atoms with Gasteiger partial charge in [-0.25, -0.2) is 4.63 Å². The highest BCUT2D eigenvalue weighted by molar-refractivity contribution is 6.05. The molecule has 0 saturated heterocycles. The monoisotopic (exact) mass is 353 g/mol. The van der Waals surface area contributed by atoms with Crippen molar-refractivity contribution in [1.82, 2.24) is 10.3 Å². The van der Waals surface area contributed by atoms with Crippen molar-refractivity contribution in [3.63, 3.8) is 0 Å². The first-order chi connectivity index (χ1) is 12.6. The first kappa shape index (κ1) is 17.5. The lowest BCUT2D eigenvalue weighted by Crippen LogP contribution is -2.13. The van der Waals surface area contributed by atoms with Gasteiger partial charge in [0.1, 0.15) is 11.5 Å². The molecule has 0 atom stereocenters. The maximum absolute atomic E-state index is 12.4. The van der Waals surface area contributed by atoms with Gasteiger partial charge in [0.2, 0.25) is 5.82 Å². The third-order valence-electron chi connectivity index (χ3n) is 3.55. The summed E-state index contributed by atoms with van der Waals surface area (Å²) in [5.41, 5.74) is 1.64. The minimum Gasteiger partial charge on any atom is -0.497 e. The van der Waals surface area contributed by atoms with Crippen molar-refractivity contribution < 1.29 is 18.9 Å². The van der Waals surface area contributed by atoms with Gasteiger partial charge in [0.05, 0.1) is 13.2 Å². The molecular formula is C19H19N3O4. The fraction of sp³-hybridized carbons (Fsp3) is 0.211. The molecule has 0 aliphatic carbocycles. The minimum atomic E-state index is -0.333. The van der Waals surface area contributed by atoms with E-state index in [0.717, 1.165) is 11.3 Å². The van der Waals surface area contributed by atoms with Crippen LogP contribution in [-0.4, -0.2) is 29.4 Å². The first-order valence-electron chi connectivity index (χ1n) is 8.12. The summed E-state index contributed by atoms with van der Waals surface area (Å²) in [5, 5.41) is 10.4. The molecule has 3 rings (SSSR count). The molecule has 1 aromatic heterocycles. The molecule has 134 valence electrons. The van der Waals surface area contributed by atoms with Gasteiger partial charge in [-0.3, -0.25) is 4.79 Å². The molecule has 0 spiro atoms. The van der Waals surface area contributed by atoms with Gasteiger partial charge < -0.3 is 14.8 Å². The van der Waals surface area contributed by atoms with E-state index >= 15 is 0 Å². The van der Waals surface area contributed by atoms with Crippen LogP contribution >= 0.6 is 0 Å². The number of nitrogens with zero attached hydrogens (tertiary/aromatic N) is 2. The van der Waals surface area contributed by atoms with E-state index in [1.54, 1.807) is 31.4 Å². The van der Waals surface area contributed by atoms with Crippen LogP contribution in [0.4, 0.5) is 5.82 Å². The second-order valence-corrected chi connectivity index (χ2v) is 5.84. The van der Waals surface area contributed by atoms with E-state index in [0.29, 0.717) is 17.0 Å². The SMILES string of the molecule is COc1cccc(C(=O)Nc2nonc2-c2ccc(OC(C)C)cc2)c1. The average Bonchev–Trinajstić information content (AvgIpc) is 3.10. The lowest BCUT2D eigenvalue weighted by atomic mass is 10.1. The average molecular weight is 353 g/mol. The molecule has 1 amide bonds. The van der Waals surface area contributed by atoms with Crippen molar-refractivity contribution in [2.75, 3.05) is 12.4 Å². The number of nitrogens with one attached hydrogen (secondary N) is 1. The van der Waals surface area contributed by atoms with E-state index in [1.807, 2.05) is 38.1 Å². The van der Waals surface area contributed by atoms with Crippen LogP contribution < -0.4 is 14.8 Å². The van der Waals surface area contributed by atoms with Crippen molar-refractivity contribution in [1.29, 1.82) is 0 Å². The second kappa shape index (κ2) is 7.69. The second-order valence-electron chi connectivity index (χ2n) is 5.84. The van der Waals surface area contributed by atoms with Crippen LogP contribution in [0.1, 0.15) is 24.2 Å². The predicted octanol–water partition coefficient (Wildman–Crippen LogP) is 3.78. The van der Waals surface area contributed by atoms with Gasteiger partial charge in [-0.05, 0) is 66.6 Å². The van der Waals surface area contributed by atoms with Crippen LogP contribution in [0.2, 0.25) is 0 Å². The fourth-order valence-electron chi connectivity index (χ4n) is 2.37. The number of carbonyl (C=O) groups excluding carboxylic acids is 1. The summed E-state index contributed by atoms with van der Waals surface area (Å²) in [6, 6.07) is 14.2. The summed E-state index contributed by atoms with van der Waals surface area (Å²) in [4.78, 5) is 12.4. The van der Waals surface area contributed by atoms with Crippen LogP contribution in [0, 0.1) is 0 Å². The Bertz CT molecular complexity index is 888. The number of rotatable bonds is 6. The van der Waals surface area contributed by atoms with Gasteiger partial charge in [-0.15, -0.1) is 0 Å². The lowest BCUT2D eigenvalue weighted by Gasteiger charge is -2.09. The van der Waals surface area contributed by atoms with Gasteiger partial charge in [-0.1, -0.05) is 6.07 Å². The molecule has 0 radical (unpaired) electrons. The number of benzene rings is 2. The minimum absolute atomic E-state index is 0.0901. The summed E-state index contributed by atoms with van der Waals surface area (Å²) < 4.78 is 15.6. The number of hydrogen-bond donors (Lipinski definition) is 1. The number of methoxy groups -OCH3 is 1. The van der Waals surface area contributed by atoms with Gasteiger partial charge in [0.25, 0.3) is 5.91 Å². The summed E-state index contributed by atoms with van der Waals surface area (Å²) in [7, 11) is 1.54. The standard InChI is InChI=1S/C19H19N3O4/c1-12(2)25-15-9-7-13(8-10-15)17-18(22-26-21-17)20-19(23)14-5-4-6-16(11-14)24-3/h4-12H,1-3H3,(H,20,22,23). The molecule has 0 bridgehead atoms. The van der Waals surface area contributed by atoms with E-state index in [9.17, 15) is 4.79 Å². The Labute approximate surface area is 150 Å². The van der Waals surface area contributed by atoms with Crippen LogP contribution in [0.3, 0.4) is 0 Å². The Morgan fingerprint density at radius 3 is 2.54 bits per heavy atom. The molecule has 7 heteroatoms. The number of amides is 1. The van der Waals surface area contributed by atoms with Crippen molar-refractivity contribution in [3.8, 4) is 22.8 Å². The largest absolute Gasteiger partial charge is 0.497 e.